The molecule has 2 aromatic rings. The molecule has 7 nitrogen and oxygen atoms in total. The highest BCUT2D eigenvalue weighted by molar-refractivity contribution is 6.05. The summed E-state index contributed by atoms with van der Waals surface area (Å²) in [5.74, 6) is -0.447. The van der Waals surface area contributed by atoms with E-state index in [1.54, 1.807) is 24.3 Å². The topological polar surface area (TPSA) is 96.9 Å². The van der Waals surface area contributed by atoms with Gasteiger partial charge in [-0.15, -0.1) is 13.2 Å². The lowest BCUT2D eigenvalue weighted by Crippen LogP contribution is -2.36. The zero-order valence-electron chi connectivity index (χ0n) is 18.9. The largest absolute Gasteiger partial charge is 0.573 e. The Morgan fingerprint density at radius 3 is 2.23 bits per heavy atom. The third-order valence-electron chi connectivity index (χ3n) is 5.39. The van der Waals surface area contributed by atoms with Crippen LogP contribution in [0.4, 0.5) is 13.2 Å². The number of amides is 2. The Morgan fingerprint density at radius 2 is 1.63 bits per heavy atom. The number of hydrogen-bond acceptors (Lipinski definition) is 5. The molecule has 0 aliphatic heterocycles. The van der Waals surface area contributed by atoms with Gasteiger partial charge in [0.1, 0.15) is 17.2 Å². The van der Waals surface area contributed by atoms with Crippen molar-refractivity contribution in [3.63, 3.8) is 0 Å². The first-order chi connectivity index (χ1) is 16.7. The molecule has 1 aliphatic carbocycles. The van der Waals surface area contributed by atoms with Gasteiger partial charge in [0, 0.05) is 12.1 Å². The van der Waals surface area contributed by atoms with Gasteiger partial charge in [-0.25, -0.2) is 0 Å². The molecule has 0 radical (unpaired) electrons. The Balaban J connectivity index is 1.68. The van der Waals surface area contributed by atoms with E-state index in [4.69, 9.17) is 9.84 Å². The second kappa shape index (κ2) is 12.3. The lowest BCUT2D eigenvalue weighted by Gasteiger charge is -2.13. The van der Waals surface area contributed by atoms with Gasteiger partial charge in [-0.05, 0) is 66.8 Å². The van der Waals surface area contributed by atoms with Crippen molar-refractivity contribution in [3.05, 3.63) is 65.4 Å². The number of nitrogens with one attached hydrogen (secondary N) is 2. The van der Waals surface area contributed by atoms with E-state index in [0.29, 0.717) is 23.8 Å². The summed E-state index contributed by atoms with van der Waals surface area (Å²) in [6.45, 7) is 0.284. The second-order valence-corrected chi connectivity index (χ2v) is 8.09. The fraction of sp³-hybridized carbons (Fsp3) is 0.360. The van der Waals surface area contributed by atoms with Gasteiger partial charge in [0.15, 0.2) is 0 Å². The number of hydrogen-bond donors (Lipinski definition) is 3. The summed E-state index contributed by atoms with van der Waals surface area (Å²) >= 11 is 0. The predicted molar refractivity (Wildman–Crippen MR) is 123 cm³/mol. The van der Waals surface area contributed by atoms with Crippen molar-refractivity contribution in [1.29, 1.82) is 0 Å². The molecule has 0 bridgehead atoms. The normalized spacial score (nSPS) is 14.5. The Morgan fingerprint density at radius 1 is 1.00 bits per heavy atom. The maximum atomic E-state index is 12.7. The smallest absolute Gasteiger partial charge is 0.493 e. The third kappa shape index (κ3) is 8.64. The van der Waals surface area contributed by atoms with Gasteiger partial charge in [-0.2, -0.15) is 0 Å². The number of carbonyl (C=O) groups is 2. The highest BCUT2D eigenvalue weighted by atomic mass is 19.4. The summed E-state index contributed by atoms with van der Waals surface area (Å²) in [6.07, 6.45) is 1.25. The van der Waals surface area contributed by atoms with Crippen molar-refractivity contribution in [2.45, 2.75) is 32.0 Å². The Bertz CT molecular complexity index is 1010. The Kier molecular flexibility index (Phi) is 9.13. The quantitative estimate of drug-likeness (QED) is 0.435. The van der Waals surface area contributed by atoms with Crippen molar-refractivity contribution < 1.29 is 37.3 Å². The van der Waals surface area contributed by atoms with Crippen molar-refractivity contribution in [2.75, 3.05) is 19.8 Å². The van der Waals surface area contributed by atoms with Gasteiger partial charge in [-0.3, -0.25) is 9.59 Å². The average Bonchev–Trinajstić information content (AvgIpc) is 3.35. The Hall–Kier alpha value is -3.53. The molecule has 2 aromatic carbocycles. The van der Waals surface area contributed by atoms with Gasteiger partial charge in [0.25, 0.3) is 11.8 Å². The monoisotopic (exact) mass is 492 g/mol. The second-order valence-electron chi connectivity index (χ2n) is 8.09. The van der Waals surface area contributed by atoms with Gasteiger partial charge < -0.3 is 25.2 Å². The number of carbonyl (C=O) groups excluding carboxylic acids is 2. The molecule has 1 fully saturated rings. The molecule has 3 N–H and O–H groups in total. The van der Waals surface area contributed by atoms with Crippen LogP contribution in [0.2, 0.25) is 0 Å². The fourth-order valence-electron chi connectivity index (χ4n) is 3.64. The van der Waals surface area contributed by atoms with Crippen LogP contribution in [0.25, 0.3) is 6.08 Å². The van der Waals surface area contributed by atoms with Crippen LogP contribution < -0.4 is 20.1 Å². The zero-order valence-corrected chi connectivity index (χ0v) is 18.9. The first kappa shape index (κ1) is 26.1. The van der Waals surface area contributed by atoms with Crippen molar-refractivity contribution in [1.82, 2.24) is 10.6 Å². The van der Waals surface area contributed by atoms with Crippen LogP contribution in [0.15, 0.2) is 54.2 Å². The van der Waals surface area contributed by atoms with Crippen LogP contribution in [0.5, 0.6) is 11.5 Å². The van der Waals surface area contributed by atoms with E-state index in [1.807, 2.05) is 0 Å². The SMILES string of the molecule is O=C(NCCO)/C(=C/c1ccc(OC(F)(F)F)cc1)NC(=O)c1ccc(OCC2CCCC2)cc1. The van der Waals surface area contributed by atoms with Gasteiger partial charge in [0.05, 0.1) is 13.2 Å². The molecule has 0 saturated heterocycles. The number of aliphatic hydroxyl groups excluding tert-OH is 1. The van der Waals surface area contributed by atoms with Crippen LogP contribution in [0, 0.1) is 5.92 Å². The molecule has 0 unspecified atom stereocenters. The lowest BCUT2D eigenvalue weighted by atomic mass is 10.1. The Labute approximate surface area is 200 Å². The zero-order chi connectivity index (χ0) is 25.3. The number of aliphatic hydroxyl groups is 1. The summed E-state index contributed by atoms with van der Waals surface area (Å²) in [6, 6.07) is 11.3. The highest BCUT2D eigenvalue weighted by Crippen LogP contribution is 2.26. The number of benzene rings is 2. The molecular weight excluding hydrogens is 465 g/mol. The first-order valence-electron chi connectivity index (χ1n) is 11.2. The first-order valence-corrected chi connectivity index (χ1v) is 11.2. The number of ether oxygens (including phenoxy) is 2. The molecule has 10 heteroatoms. The fourth-order valence-corrected chi connectivity index (χ4v) is 3.64. The molecule has 0 heterocycles. The highest BCUT2D eigenvalue weighted by Gasteiger charge is 2.31. The third-order valence-corrected chi connectivity index (χ3v) is 5.39. The maximum absolute atomic E-state index is 12.7. The minimum absolute atomic E-state index is 0.0442. The molecule has 0 aromatic heterocycles. The number of alkyl halides is 3. The van der Waals surface area contributed by atoms with E-state index in [1.165, 1.54) is 31.1 Å². The van der Waals surface area contributed by atoms with E-state index in [-0.39, 0.29) is 24.4 Å². The summed E-state index contributed by atoms with van der Waals surface area (Å²) in [4.78, 5) is 25.2. The van der Waals surface area contributed by atoms with E-state index in [9.17, 15) is 22.8 Å². The van der Waals surface area contributed by atoms with Gasteiger partial charge in [-0.1, -0.05) is 25.0 Å². The van der Waals surface area contributed by atoms with Crippen molar-refractivity contribution >= 4 is 17.9 Å². The van der Waals surface area contributed by atoms with Crippen LogP contribution in [0.3, 0.4) is 0 Å². The molecule has 3 rings (SSSR count). The molecule has 0 atom stereocenters. The molecule has 1 saturated carbocycles. The minimum atomic E-state index is -4.82. The molecule has 2 amide bonds. The van der Waals surface area contributed by atoms with Crippen LogP contribution in [-0.2, 0) is 4.79 Å². The van der Waals surface area contributed by atoms with Gasteiger partial charge in [0.2, 0.25) is 0 Å². The van der Waals surface area contributed by atoms with E-state index < -0.39 is 23.9 Å². The lowest BCUT2D eigenvalue weighted by molar-refractivity contribution is -0.274. The number of halogens is 3. The van der Waals surface area contributed by atoms with Crippen LogP contribution in [0.1, 0.15) is 41.6 Å². The summed E-state index contributed by atoms with van der Waals surface area (Å²) in [5.41, 5.74) is 0.493. The molecule has 188 valence electrons. The molecular formula is C25H27F3N2O5. The van der Waals surface area contributed by atoms with E-state index in [2.05, 4.69) is 15.4 Å². The van der Waals surface area contributed by atoms with Gasteiger partial charge >= 0.3 is 6.36 Å². The van der Waals surface area contributed by atoms with E-state index >= 15 is 0 Å². The van der Waals surface area contributed by atoms with Crippen molar-refractivity contribution in [3.8, 4) is 11.5 Å². The minimum Gasteiger partial charge on any atom is -0.493 e. The standard InChI is InChI=1S/C25H27F3N2O5/c26-25(27,28)35-21-9-5-17(6-10-21)15-22(24(33)29-13-14-31)30-23(32)19-7-11-20(12-8-19)34-16-18-3-1-2-4-18/h5-12,15,18,31H,1-4,13-14,16H2,(H,29,33)(H,30,32)/b22-15-. The predicted octanol–water partition coefficient (Wildman–Crippen LogP) is 4.03. The van der Waals surface area contributed by atoms with Crippen molar-refractivity contribution in [2.24, 2.45) is 5.92 Å². The maximum Gasteiger partial charge on any atom is 0.573 e. The average molecular weight is 492 g/mol. The molecule has 35 heavy (non-hydrogen) atoms. The summed E-state index contributed by atoms with van der Waals surface area (Å²) < 4.78 is 46.7. The molecule has 0 spiro atoms. The summed E-state index contributed by atoms with van der Waals surface area (Å²) in [7, 11) is 0. The summed E-state index contributed by atoms with van der Waals surface area (Å²) in [5, 5.41) is 13.9. The number of rotatable bonds is 10. The van der Waals surface area contributed by atoms with Crippen LogP contribution >= 0.6 is 0 Å². The molecule has 1 aliphatic rings. The van der Waals surface area contributed by atoms with Crippen LogP contribution in [-0.4, -0.2) is 43.0 Å². The van der Waals surface area contributed by atoms with E-state index in [0.717, 1.165) is 25.0 Å².